The lowest BCUT2D eigenvalue weighted by molar-refractivity contribution is 0.0489. The molecule has 9 nitrogen and oxygen atoms in total. The third-order valence-electron chi connectivity index (χ3n) is 3.99. The minimum absolute atomic E-state index is 0.101. The van der Waals surface area contributed by atoms with Crippen molar-refractivity contribution in [3.05, 3.63) is 58.7 Å². The second kappa shape index (κ2) is 10.8. The number of carboxylic acids is 2. The predicted molar refractivity (Wildman–Crippen MR) is 108 cm³/mol. The summed E-state index contributed by atoms with van der Waals surface area (Å²) in [5.41, 5.74) is -0.886. The summed E-state index contributed by atoms with van der Waals surface area (Å²) in [6, 6.07) is 7.48. The maximum absolute atomic E-state index is 12.2. The van der Waals surface area contributed by atoms with Crippen LogP contribution in [0.1, 0.15) is 68.1 Å². The Kier molecular flexibility index (Phi) is 8.13. The highest BCUT2D eigenvalue weighted by molar-refractivity contribution is 6.03. The number of hydrogen-bond donors (Lipinski definition) is 2. The second-order valence-corrected chi connectivity index (χ2v) is 6.40. The van der Waals surface area contributed by atoms with Crippen LogP contribution in [0.25, 0.3) is 0 Å². The zero-order valence-electron chi connectivity index (χ0n) is 17.0. The van der Waals surface area contributed by atoms with Gasteiger partial charge in [0.1, 0.15) is 11.5 Å². The number of carboxylic acid groups (broad SMARTS) is 2. The summed E-state index contributed by atoms with van der Waals surface area (Å²) in [7, 11) is 0. The zero-order chi connectivity index (χ0) is 23.0. The summed E-state index contributed by atoms with van der Waals surface area (Å²) in [5, 5.41) is 18.6. The molecule has 0 saturated heterocycles. The first kappa shape index (κ1) is 23.4. The predicted octanol–water partition coefficient (Wildman–Crippen LogP) is 4.01. The van der Waals surface area contributed by atoms with Crippen molar-refractivity contribution in [3.63, 3.8) is 0 Å². The van der Waals surface area contributed by atoms with Gasteiger partial charge in [-0.3, -0.25) is 0 Å². The molecule has 0 unspecified atom stereocenters. The van der Waals surface area contributed by atoms with Gasteiger partial charge in [0.15, 0.2) is 0 Å². The summed E-state index contributed by atoms with van der Waals surface area (Å²) < 4.78 is 15.7. The second-order valence-electron chi connectivity index (χ2n) is 6.40. The smallest absolute Gasteiger partial charge is 0.339 e. The van der Waals surface area contributed by atoms with E-state index in [1.54, 1.807) is 13.8 Å². The van der Waals surface area contributed by atoms with E-state index in [1.807, 2.05) is 0 Å². The fourth-order valence-electron chi connectivity index (χ4n) is 2.57. The molecular formula is C22H22O9. The number of rotatable bonds is 10. The minimum Gasteiger partial charge on any atom is -0.478 e. The molecule has 2 rings (SSSR count). The van der Waals surface area contributed by atoms with Crippen molar-refractivity contribution < 1.29 is 43.6 Å². The molecule has 0 atom stereocenters. The van der Waals surface area contributed by atoms with Crippen molar-refractivity contribution in [2.75, 3.05) is 13.2 Å². The number of carbonyl (C=O) groups excluding carboxylic acids is 2. The zero-order valence-corrected chi connectivity index (χ0v) is 17.0. The molecule has 9 heteroatoms. The van der Waals surface area contributed by atoms with Crippen LogP contribution >= 0.6 is 0 Å². The van der Waals surface area contributed by atoms with Crippen LogP contribution < -0.4 is 4.74 Å². The molecule has 0 spiro atoms. The molecular weight excluding hydrogens is 408 g/mol. The molecule has 0 aliphatic rings. The van der Waals surface area contributed by atoms with Gasteiger partial charge in [-0.1, -0.05) is 13.8 Å². The molecule has 0 bridgehead atoms. The van der Waals surface area contributed by atoms with E-state index in [4.69, 9.17) is 14.2 Å². The van der Waals surface area contributed by atoms with E-state index in [9.17, 15) is 29.4 Å². The van der Waals surface area contributed by atoms with Gasteiger partial charge in [-0.2, -0.15) is 0 Å². The van der Waals surface area contributed by atoms with Gasteiger partial charge in [0.25, 0.3) is 0 Å². The highest BCUT2D eigenvalue weighted by Crippen LogP contribution is 2.27. The molecule has 0 amide bonds. The van der Waals surface area contributed by atoms with Gasteiger partial charge in [0.2, 0.25) is 0 Å². The Labute approximate surface area is 178 Å². The van der Waals surface area contributed by atoms with Crippen molar-refractivity contribution >= 4 is 23.9 Å². The quantitative estimate of drug-likeness (QED) is 0.536. The Hall–Kier alpha value is -3.88. The Bertz CT molecular complexity index is 915. The standard InChI is InChI=1S/C22H22O9/c1-3-9-29-21(27)17-11-13(5-7-15(17)19(23)24)31-14-6-8-16(20(25)26)18(12-14)22(28)30-10-4-2/h5-8,11-12H,3-4,9-10H2,1-2H3,(H,23,24)(H,25,26). The fourth-order valence-corrected chi connectivity index (χ4v) is 2.57. The normalized spacial score (nSPS) is 10.3. The average molecular weight is 430 g/mol. The van der Waals surface area contributed by atoms with E-state index in [2.05, 4.69) is 0 Å². The minimum atomic E-state index is -1.30. The number of hydrogen-bond acceptors (Lipinski definition) is 7. The highest BCUT2D eigenvalue weighted by Gasteiger charge is 2.21. The fraction of sp³-hybridized carbons (Fsp3) is 0.273. The number of aromatic carboxylic acids is 2. The number of esters is 2. The van der Waals surface area contributed by atoms with Crippen LogP contribution in [0.2, 0.25) is 0 Å². The van der Waals surface area contributed by atoms with Crippen molar-refractivity contribution in [2.45, 2.75) is 26.7 Å². The molecule has 2 aromatic rings. The van der Waals surface area contributed by atoms with Gasteiger partial charge in [0.05, 0.1) is 35.5 Å². The molecule has 2 aromatic carbocycles. The van der Waals surface area contributed by atoms with Gasteiger partial charge in [-0.25, -0.2) is 19.2 Å². The van der Waals surface area contributed by atoms with Crippen LogP contribution in [0.4, 0.5) is 0 Å². The number of carbonyl (C=O) groups is 4. The van der Waals surface area contributed by atoms with E-state index in [0.29, 0.717) is 12.8 Å². The molecule has 164 valence electrons. The van der Waals surface area contributed by atoms with E-state index < -0.39 is 23.9 Å². The third-order valence-corrected chi connectivity index (χ3v) is 3.99. The Morgan fingerprint density at radius 3 is 1.39 bits per heavy atom. The molecule has 31 heavy (non-hydrogen) atoms. The summed E-state index contributed by atoms with van der Waals surface area (Å²) in [6.45, 7) is 3.86. The largest absolute Gasteiger partial charge is 0.478 e. The van der Waals surface area contributed by atoms with Crippen LogP contribution in [-0.2, 0) is 9.47 Å². The molecule has 0 aliphatic heterocycles. The van der Waals surface area contributed by atoms with E-state index in [-0.39, 0.29) is 47.0 Å². The van der Waals surface area contributed by atoms with E-state index >= 15 is 0 Å². The number of benzene rings is 2. The molecule has 2 N–H and O–H groups in total. The Balaban J connectivity index is 2.39. The SMILES string of the molecule is CCCOC(=O)c1cc(Oc2ccc(C(=O)O)c(C(=O)OCCC)c2)ccc1C(=O)O. The lowest BCUT2D eigenvalue weighted by Gasteiger charge is -2.12. The summed E-state index contributed by atoms with van der Waals surface area (Å²) >= 11 is 0. The lowest BCUT2D eigenvalue weighted by Crippen LogP contribution is -2.13. The van der Waals surface area contributed by atoms with Crippen LogP contribution in [0.15, 0.2) is 36.4 Å². The molecule has 0 radical (unpaired) electrons. The van der Waals surface area contributed by atoms with Crippen molar-refractivity contribution in [3.8, 4) is 11.5 Å². The first-order valence-corrected chi connectivity index (χ1v) is 9.55. The topological polar surface area (TPSA) is 136 Å². The Morgan fingerprint density at radius 2 is 1.06 bits per heavy atom. The van der Waals surface area contributed by atoms with E-state index in [1.165, 1.54) is 36.4 Å². The first-order valence-electron chi connectivity index (χ1n) is 9.55. The third kappa shape index (κ3) is 6.05. The molecule has 0 heterocycles. The Morgan fingerprint density at radius 1 is 0.677 bits per heavy atom. The average Bonchev–Trinajstić information content (AvgIpc) is 2.75. The van der Waals surface area contributed by atoms with Gasteiger partial charge in [-0.05, 0) is 49.2 Å². The van der Waals surface area contributed by atoms with Crippen LogP contribution in [0, 0.1) is 0 Å². The monoisotopic (exact) mass is 430 g/mol. The maximum Gasteiger partial charge on any atom is 0.339 e. The molecule has 0 saturated carbocycles. The van der Waals surface area contributed by atoms with Crippen LogP contribution in [0.5, 0.6) is 11.5 Å². The van der Waals surface area contributed by atoms with Gasteiger partial charge in [0, 0.05) is 0 Å². The van der Waals surface area contributed by atoms with Gasteiger partial charge >= 0.3 is 23.9 Å². The summed E-state index contributed by atoms with van der Waals surface area (Å²) in [6.07, 6.45) is 1.13. The van der Waals surface area contributed by atoms with Gasteiger partial charge in [-0.15, -0.1) is 0 Å². The molecule has 0 aliphatic carbocycles. The van der Waals surface area contributed by atoms with Crippen molar-refractivity contribution in [2.24, 2.45) is 0 Å². The maximum atomic E-state index is 12.2. The first-order chi connectivity index (χ1) is 14.8. The van der Waals surface area contributed by atoms with Crippen molar-refractivity contribution in [1.29, 1.82) is 0 Å². The summed E-state index contributed by atoms with van der Waals surface area (Å²) in [5.74, 6) is -4.03. The summed E-state index contributed by atoms with van der Waals surface area (Å²) in [4.78, 5) is 47.3. The van der Waals surface area contributed by atoms with Crippen molar-refractivity contribution in [1.82, 2.24) is 0 Å². The van der Waals surface area contributed by atoms with Gasteiger partial charge < -0.3 is 24.4 Å². The lowest BCUT2D eigenvalue weighted by atomic mass is 10.1. The molecule has 0 fully saturated rings. The number of ether oxygens (including phenoxy) is 3. The van der Waals surface area contributed by atoms with Crippen LogP contribution in [0.3, 0.4) is 0 Å². The highest BCUT2D eigenvalue weighted by atomic mass is 16.5. The molecule has 0 aromatic heterocycles. The van der Waals surface area contributed by atoms with Crippen LogP contribution in [-0.4, -0.2) is 47.3 Å². The van der Waals surface area contributed by atoms with E-state index in [0.717, 1.165) is 0 Å².